The lowest BCUT2D eigenvalue weighted by atomic mass is 10.2. The van der Waals surface area contributed by atoms with Crippen LogP contribution in [0.2, 0.25) is 0 Å². The molecule has 102 valence electrons. The second kappa shape index (κ2) is 6.89. The predicted octanol–water partition coefficient (Wildman–Crippen LogP) is 0.903. The Balaban J connectivity index is 2.62. The molecule has 0 aliphatic carbocycles. The molecule has 0 aromatic heterocycles. The van der Waals surface area contributed by atoms with Crippen molar-refractivity contribution >= 4 is 21.8 Å². The maximum Gasteiger partial charge on any atom is 0.281 e. The molecule has 1 heterocycles. The van der Waals surface area contributed by atoms with Crippen LogP contribution in [0.3, 0.4) is 0 Å². The van der Waals surface area contributed by atoms with Crippen molar-refractivity contribution in [2.75, 3.05) is 39.2 Å². The maximum absolute atomic E-state index is 12.2. The predicted molar refractivity (Wildman–Crippen MR) is 68.5 cm³/mol. The van der Waals surface area contributed by atoms with Gasteiger partial charge in [-0.05, 0) is 12.8 Å². The third-order valence-electron chi connectivity index (χ3n) is 2.88. The monoisotopic (exact) mass is 284 g/mol. The van der Waals surface area contributed by atoms with E-state index in [1.165, 1.54) is 8.61 Å². The first kappa shape index (κ1) is 15.2. The Morgan fingerprint density at radius 1 is 1.53 bits per heavy atom. The molecular weight excluding hydrogens is 264 g/mol. The van der Waals surface area contributed by atoms with Gasteiger partial charge in [-0.1, -0.05) is 6.92 Å². The van der Waals surface area contributed by atoms with E-state index in [1.807, 2.05) is 6.92 Å². The first-order valence-corrected chi connectivity index (χ1v) is 7.84. The molecule has 1 saturated heterocycles. The summed E-state index contributed by atoms with van der Waals surface area (Å²) in [7, 11) is -1.75. The van der Waals surface area contributed by atoms with Crippen molar-refractivity contribution < 1.29 is 13.2 Å². The van der Waals surface area contributed by atoms with E-state index in [9.17, 15) is 8.42 Å². The standard InChI is InChI=1S/C10H21ClN2O3S/c1-3-10-9-13(7-8-16-10)17(14,15)12(2)6-4-5-11/h10H,3-9H2,1-2H3. The molecule has 1 rings (SSSR count). The SMILES string of the molecule is CCC1CN(S(=O)(=O)N(C)CCCCl)CCO1. The molecule has 1 aliphatic rings. The zero-order chi connectivity index (χ0) is 12.9. The van der Waals surface area contributed by atoms with Gasteiger partial charge in [0.1, 0.15) is 0 Å². The maximum atomic E-state index is 12.2. The van der Waals surface area contributed by atoms with Crippen molar-refractivity contribution in [3.63, 3.8) is 0 Å². The van der Waals surface area contributed by atoms with Crippen LogP contribution in [0.15, 0.2) is 0 Å². The Morgan fingerprint density at radius 3 is 2.82 bits per heavy atom. The van der Waals surface area contributed by atoms with Gasteiger partial charge >= 0.3 is 0 Å². The molecule has 0 N–H and O–H groups in total. The van der Waals surface area contributed by atoms with Crippen molar-refractivity contribution in [1.82, 2.24) is 8.61 Å². The fraction of sp³-hybridized carbons (Fsp3) is 1.00. The summed E-state index contributed by atoms with van der Waals surface area (Å²) in [4.78, 5) is 0. The number of hydrogen-bond acceptors (Lipinski definition) is 3. The van der Waals surface area contributed by atoms with Gasteiger partial charge in [-0.3, -0.25) is 0 Å². The minimum Gasteiger partial charge on any atom is -0.375 e. The van der Waals surface area contributed by atoms with Gasteiger partial charge in [-0.25, -0.2) is 0 Å². The topological polar surface area (TPSA) is 49.9 Å². The van der Waals surface area contributed by atoms with Crippen molar-refractivity contribution in [3.05, 3.63) is 0 Å². The van der Waals surface area contributed by atoms with Crippen molar-refractivity contribution in [3.8, 4) is 0 Å². The molecular formula is C10H21ClN2O3S. The van der Waals surface area contributed by atoms with Gasteiger partial charge in [-0.15, -0.1) is 11.6 Å². The molecule has 1 atom stereocenters. The fourth-order valence-corrected chi connectivity index (χ4v) is 3.28. The number of alkyl halides is 1. The van der Waals surface area contributed by atoms with E-state index in [4.69, 9.17) is 16.3 Å². The molecule has 0 spiro atoms. The summed E-state index contributed by atoms with van der Waals surface area (Å²) in [5.74, 6) is 0.473. The summed E-state index contributed by atoms with van der Waals surface area (Å²) in [6, 6.07) is 0. The number of morpholine rings is 1. The zero-order valence-corrected chi connectivity index (χ0v) is 12.0. The minimum atomic E-state index is -3.35. The van der Waals surface area contributed by atoms with Crippen LogP contribution in [0.5, 0.6) is 0 Å². The molecule has 0 bridgehead atoms. The van der Waals surface area contributed by atoms with Crippen LogP contribution in [0.25, 0.3) is 0 Å². The lowest BCUT2D eigenvalue weighted by Crippen LogP contribution is -2.50. The van der Waals surface area contributed by atoms with E-state index < -0.39 is 10.2 Å². The van der Waals surface area contributed by atoms with Gasteiger partial charge in [0.15, 0.2) is 0 Å². The normalized spacial score (nSPS) is 23.2. The second-order valence-corrected chi connectivity index (χ2v) is 6.54. The smallest absolute Gasteiger partial charge is 0.281 e. The lowest BCUT2D eigenvalue weighted by Gasteiger charge is -2.34. The van der Waals surface area contributed by atoms with Gasteiger partial charge in [0.25, 0.3) is 10.2 Å². The molecule has 1 aliphatic heterocycles. The fourth-order valence-electron chi connectivity index (χ4n) is 1.74. The van der Waals surface area contributed by atoms with Gasteiger partial charge in [-0.2, -0.15) is 17.0 Å². The highest BCUT2D eigenvalue weighted by Gasteiger charge is 2.31. The van der Waals surface area contributed by atoms with E-state index in [2.05, 4.69) is 0 Å². The third kappa shape index (κ3) is 4.06. The zero-order valence-electron chi connectivity index (χ0n) is 10.4. The number of rotatable bonds is 6. The summed E-state index contributed by atoms with van der Waals surface area (Å²) in [5, 5.41) is 0. The molecule has 0 aromatic rings. The highest BCUT2D eigenvalue weighted by molar-refractivity contribution is 7.86. The molecule has 17 heavy (non-hydrogen) atoms. The van der Waals surface area contributed by atoms with Gasteiger partial charge < -0.3 is 4.74 Å². The average molecular weight is 285 g/mol. The van der Waals surface area contributed by atoms with Crippen LogP contribution in [0.1, 0.15) is 19.8 Å². The summed E-state index contributed by atoms with van der Waals surface area (Å²) in [6.07, 6.45) is 1.51. The summed E-state index contributed by atoms with van der Waals surface area (Å²) < 4.78 is 32.7. The molecule has 7 heteroatoms. The van der Waals surface area contributed by atoms with Crippen molar-refractivity contribution in [2.24, 2.45) is 0 Å². The summed E-state index contributed by atoms with van der Waals surface area (Å²) in [6.45, 7) is 3.81. The first-order chi connectivity index (χ1) is 8.02. The molecule has 0 aromatic carbocycles. The van der Waals surface area contributed by atoms with Crippen LogP contribution in [-0.2, 0) is 14.9 Å². The molecule has 0 saturated carbocycles. The first-order valence-electron chi connectivity index (χ1n) is 5.91. The van der Waals surface area contributed by atoms with E-state index >= 15 is 0 Å². The largest absolute Gasteiger partial charge is 0.375 e. The molecule has 1 fully saturated rings. The second-order valence-electron chi connectivity index (χ2n) is 4.13. The molecule has 0 radical (unpaired) electrons. The Kier molecular flexibility index (Phi) is 6.16. The Morgan fingerprint density at radius 2 is 2.24 bits per heavy atom. The number of nitrogens with zero attached hydrogens (tertiary/aromatic N) is 2. The van der Waals surface area contributed by atoms with E-state index in [-0.39, 0.29) is 6.10 Å². The highest BCUT2D eigenvalue weighted by Crippen LogP contribution is 2.14. The lowest BCUT2D eigenvalue weighted by molar-refractivity contribution is -0.00426. The van der Waals surface area contributed by atoms with Crippen LogP contribution < -0.4 is 0 Å². The van der Waals surface area contributed by atoms with Gasteiger partial charge in [0.05, 0.1) is 12.7 Å². The molecule has 0 amide bonds. The molecule has 5 nitrogen and oxygen atoms in total. The Hall–Kier alpha value is 0.120. The Bertz CT molecular complexity index is 324. The quantitative estimate of drug-likeness (QED) is 0.681. The highest BCUT2D eigenvalue weighted by atomic mass is 35.5. The number of hydrogen-bond donors (Lipinski definition) is 0. The number of halogens is 1. The number of ether oxygens (including phenoxy) is 1. The average Bonchev–Trinajstić information content (AvgIpc) is 2.35. The van der Waals surface area contributed by atoms with Crippen LogP contribution in [0, 0.1) is 0 Å². The van der Waals surface area contributed by atoms with E-state index in [0.29, 0.717) is 38.5 Å². The Labute approximate surface area is 109 Å². The molecule has 1 unspecified atom stereocenters. The van der Waals surface area contributed by atoms with Gasteiger partial charge in [0, 0.05) is 32.6 Å². The van der Waals surface area contributed by atoms with Crippen LogP contribution in [0.4, 0.5) is 0 Å². The summed E-state index contributed by atoms with van der Waals surface area (Å²) in [5.41, 5.74) is 0. The van der Waals surface area contributed by atoms with Crippen LogP contribution >= 0.6 is 11.6 Å². The summed E-state index contributed by atoms with van der Waals surface area (Å²) >= 11 is 5.57. The van der Waals surface area contributed by atoms with Crippen molar-refractivity contribution in [1.29, 1.82) is 0 Å². The van der Waals surface area contributed by atoms with Crippen molar-refractivity contribution in [2.45, 2.75) is 25.9 Å². The minimum absolute atomic E-state index is 0.0138. The van der Waals surface area contributed by atoms with Gasteiger partial charge in [0.2, 0.25) is 0 Å². The van der Waals surface area contributed by atoms with E-state index in [1.54, 1.807) is 7.05 Å². The van der Waals surface area contributed by atoms with E-state index in [0.717, 1.165) is 6.42 Å². The third-order valence-corrected chi connectivity index (χ3v) is 5.11. The van der Waals surface area contributed by atoms with Crippen LogP contribution in [-0.4, -0.2) is 62.3 Å².